The summed E-state index contributed by atoms with van der Waals surface area (Å²) in [6.07, 6.45) is 0. The Morgan fingerprint density at radius 1 is 1.18 bits per heavy atom. The number of nitrogens with zero attached hydrogens (tertiary/aromatic N) is 3. The van der Waals surface area contributed by atoms with Crippen molar-refractivity contribution in [3.05, 3.63) is 79.3 Å². The second-order valence-corrected chi connectivity index (χ2v) is 8.72. The number of hydrogen-bond acceptors (Lipinski definition) is 7. The molecule has 0 unspecified atom stereocenters. The van der Waals surface area contributed by atoms with Crippen molar-refractivity contribution in [1.29, 1.82) is 0 Å². The Bertz CT molecular complexity index is 1400. The van der Waals surface area contributed by atoms with Gasteiger partial charge in [0.25, 0.3) is 11.6 Å². The number of nitro benzene ring substituents is 1. The number of aryl methyl sites for hydroxylation is 1. The molecule has 2 heterocycles. The largest absolute Gasteiger partial charge is 0.451 e. The van der Waals surface area contributed by atoms with Gasteiger partial charge in [0.2, 0.25) is 0 Å². The topological polar surface area (TPSA) is 116 Å². The summed E-state index contributed by atoms with van der Waals surface area (Å²) in [6.45, 7) is 1.28. The van der Waals surface area contributed by atoms with Crippen LogP contribution in [0.3, 0.4) is 0 Å². The molecule has 0 saturated carbocycles. The molecule has 0 aliphatic rings. The molecule has 1 N–H and O–H groups in total. The zero-order chi connectivity index (χ0) is 23.7. The molecule has 12 heteroatoms. The average Bonchev–Trinajstić information content (AvgIpc) is 3.35. The Labute approximate surface area is 200 Å². The summed E-state index contributed by atoms with van der Waals surface area (Å²) in [7, 11) is 0. The quantitative estimate of drug-likeness (QED) is 0.213. The molecule has 0 atom stereocenters. The summed E-state index contributed by atoms with van der Waals surface area (Å²) in [5.41, 5.74) is 1.49. The molecule has 0 aliphatic heterocycles. The molecular formula is C21H14Cl2N4O5S. The number of amides is 1. The third-order valence-electron chi connectivity index (χ3n) is 4.59. The molecule has 168 valence electrons. The summed E-state index contributed by atoms with van der Waals surface area (Å²) < 4.78 is 6.84. The van der Waals surface area contributed by atoms with Crippen LogP contribution in [0.4, 0.5) is 11.4 Å². The molecule has 2 aromatic heterocycles. The van der Waals surface area contributed by atoms with Gasteiger partial charge in [-0.3, -0.25) is 14.9 Å². The Hall–Kier alpha value is -3.47. The number of esters is 1. The van der Waals surface area contributed by atoms with E-state index in [1.807, 2.05) is 19.1 Å². The molecule has 0 fully saturated rings. The first-order valence-electron chi connectivity index (χ1n) is 9.39. The maximum absolute atomic E-state index is 12.5. The number of non-ortho nitro benzene ring substituents is 1. The van der Waals surface area contributed by atoms with Crippen LogP contribution < -0.4 is 5.32 Å². The lowest BCUT2D eigenvalue weighted by Gasteiger charge is -2.07. The van der Waals surface area contributed by atoms with Crippen LogP contribution in [0.15, 0.2) is 48.5 Å². The molecule has 4 rings (SSSR count). The molecule has 0 bridgehead atoms. The van der Waals surface area contributed by atoms with Gasteiger partial charge in [-0.25, -0.2) is 9.48 Å². The minimum absolute atomic E-state index is 0.00406. The van der Waals surface area contributed by atoms with Crippen LogP contribution in [0, 0.1) is 17.0 Å². The summed E-state index contributed by atoms with van der Waals surface area (Å²) in [4.78, 5) is 35.9. The molecule has 9 nitrogen and oxygen atoms in total. The van der Waals surface area contributed by atoms with Crippen LogP contribution >= 0.6 is 34.5 Å². The lowest BCUT2D eigenvalue weighted by Crippen LogP contribution is -2.20. The Morgan fingerprint density at radius 3 is 2.58 bits per heavy atom. The lowest BCUT2D eigenvalue weighted by atomic mass is 10.3. The lowest BCUT2D eigenvalue weighted by molar-refractivity contribution is -0.384. The van der Waals surface area contributed by atoms with Gasteiger partial charge in [-0.15, -0.1) is 11.3 Å². The van der Waals surface area contributed by atoms with Gasteiger partial charge < -0.3 is 10.1 Å². The van der Waals surface area contributed by atoms with Gasteiger partial charge in [-0.1, -0.05) is 23.2 Å². The minimum Gasteiger partial charge on any atom is -0.451 e. The van der Waals surface area contributed by atoms with Gasteiger partial charge in [0, 0.05) is 22.5 Å². The fourth-order valence-electron chi connectivity index (χ4n) is 3.01. The normalized spacial score (nSPS) is 10.9. The number of aromatic nitrogens is 2. The first kappa shape index (κ1) is 22.7. The molecule has 4 aromatic rings. The number of benzene rings is 2. The number of thiophene rings is 1. The SMILES string of the molecule is Cc1nn(-c2ccc(Cl)cc2)c2sc(C(=O)OCC(=O)Nc3ccc([N+](=O)[O-])cc3Cl)cc12. The van der Waals surface area contributed by atoms with Crippen molar-refractivity contribution in [3.8, 4) is 5.69 Å². The van der Waals surface area contributed by atoms with Gasteiger partial charge in [-0.2, -0.15) is 5.10 Å². The Morgan fingerprint density at radius 2 is 1.91 bits per heavy atom. The van der Waals surface area contributed by atoms with Crippen LogP contribution in [-0.2, 0) is 9.53 Å². The summed E-state index contributed by atoms with van der Waals surface area (Å²) in [5, 5.41) is 19.1. The summed E-state index contributed by atoms with van der Waals surface area (Å²) in [6, 6.07) is 12.4. The number of carbonyl (C=O) groups is 2. The number of fused-ring (bicyclic) bond motifs is 1. The van der Waals surface area contributed by atoms with E-state index in [0.29, 0.717) is 9.90 Å². The minimum atomic E-state index is -0.664. The Kier molecular flexibility index (Phi) is 6.32. The van der Waals surface area contributed by atoms with Crippen molar-refractivity contribution in [1.82, 2.24) is 9.78 Å². The highest BCUT2D eigenvalue weighted by molar-refractivity contribution is 7.20. The van der Waals surface area contributed by atoms with Gasteiger partial charge >= 0.3 is 5.97 Å². The third-order valence-corrected chi connectivity index (χ3v) is 6.24. The number of hydrogen-bond donors (Lipinski definition) is 1. The van der Waals surface area contributed by atoms with E-state index in [0.717, 1.165) is 27.7 Å². The molecule has 0 aliphatic carbocycles. The molecular weight excluding hydrogens is 491 g/mol. The predicted octanol–water partition coefficient (Wildman–Crippen LogP) is 5.41. The highest BCUT2D eigenvalue weighted by Gasteiger charge is 2.19. The van der Waals surface area contributed by atoms with Crippen molar-refractivity contribution >= 4 is 68.0 Å². The zero-order valence-electron chi connectivity index (χ0n) is 16.9. The van der Waals surface area contributed by atoms with Gasteiger partial charge in [0.15, 0.2) is 6.61 Å². The molecule has 33 heavy (non-hydrogen) atoms. The van der Waals surface area contributed by atoms with E-state index in [9.17, 15) is 19.7 Å². The van der Waals surface area contributed by atoms with Crippen LogP contribution in [-0.4, -0.2) is 33.2 Å². The maximum Gasteiger partial charge on any atom is 0.348 e. The highest BCUT2D eigenvalue weighted by atomic mass is 35.5. The second-order valence-electron chi connectivity index (χ2n) is 6.85. The van der Waals surface area contributed by atoms with Crippen molar-refractivity contribution < 1.29 is 19.2 Å². The maximum atomic E-state index is 12.5. The van der Waals surface area contributed by atoms with Gasteiger partial charge in [0.1, 0.15) is 9.71 Å². The number of rotatable bonds is 6. The van der Waals surface area contributed by atoms with E-state index in [2.05, 4.69) is 10.4 Å². The summed E-state index contributed by atoms with van der Waals surface area (Å²) >= 11 is 13.1. The molecule has 2 aromatic carbocycles. The van der Waals surface area contributed by atoms with Crippen molar-refractivity contribution in [2.45, 2.75) is 6.92 Å². The molecule has 1 amide bonds. The smallest absolute Gasteiger partial charge is 0.348 e. The van der Waals surface area contributed by atoms with Crippen molar-refractivity contribution in [2.75, 3.05) is 11.9 Å². The van der Waals surface area contributed by atoms with E-state index in [1.54, 1.807) is 22.9 Å². The fourth-order valence-corrected chi connectivity index (χ4v) is 4.44. The van der Waals surface area contributed by atoms with Gasteiger partial charge in [-0.05, 0) is 43.3 Å². The molecule has 0 saturated heterocycles. The van der Waals surface area contributed by atoms with Crippen LogP contribution in [0.2, 0.25) is 10.0 Å². The van der Waals surface area contributed by atoms with E-state index < -0.39 is 23.4 Å². The van der Waals surface area contributed by atoms with Crippen LogP contribution in [0.1, 0.15) is 15.4 Å². The number of anilines is 1. The number of nitrogens with one attached hydrogen (secondary N) is 1. The van der Waals surface area contributed by atoms with Crippen molar-refractivity contribution in [3.63, 3.8) is 0 Å². The first-order chi connectivity index (χ1) is 15.7. The summed E-state index contributed by atoms with van der Waals surface area (Å²) in [5.74, 6) is -1.30. The number of ether oxygens (including phenoxy) is 1. The van der Waals surface area contributed by atoms with Crippen molar-refractivity contribution in [2.24, 2.45) is 0 Å². The monoisotopic (exact) mass is 504 g/mol. The van der Waals surface area contributed by atoms with E-state index in [4.69, 9.17) is 27.9 Å². The van der Waals surface area contributed by atoms with Crippen LogP contribution in [0.25, 0.3) is 15.9 Å². The Balaban J connectivity index is 1.45. The third kappa shape index (κ3) is 4.82. The predicted molar refractivity (Wildman–Crippen MR) is 126 cm³/mol. The fraction of sp³-hybridized carbons (Fsp3) is 0.0952. The standard InChI is InChI=1S/C21H14Cl2N4O5S/c1-11-15-9-18(33-20(15)26(25-11)13-4-2-12(22)3-5-13)21(29)32-10-19(28)24-17-7-6-14(27(30)31)8-16(17)23/h2-9H,10H2,1H3,(H,24,28). The number of nitro groups is 1. The number of carbonyl (C=O) groups excluding carboxylic acids is 2. The van der Waals surface area contributed by atoms with Gasteiger partial charge in [0.05, 0.1) is 27.0 Å². The average molecular weight is 505 g/mol. The number of halogens is 2. The van der Waals surface area contributed by atoms with Crippen LogP contribution in [0.5, 0.6) is 0 Å². The highest BCUT2D eigenvalue weighted by Crippen LogP contribution is 2.31. The van der Waals surface area contributed by atoms with E-state index >= 15 is 0 Å². The molecule has 0 spiro atoms. The zero-order valence-corrected chi connectivity index (χ0v) is 19.2. The molecule has 0 radical (unpaired) electrons. The van der Waals surface area contributed by atoms with E-state index in [1.165, 1.54) is 23.5 Å². The van der Waals surface area contributed by atoms with E-state index in [-0.39, 0.29) is 16.4 Å². The second kappa shape index (κ2) is 9.18. The first-order valence-corrected chi connectivity index (χ1v) is 11.0.